The lowest BCUT2D eigenvalue weighted by Crippen LogP contribution is -2.37. The fourth-order valence-corrected chi connectivity index (χ4v) is 11.7. The van der Waals surface area contributed by atoms with Crippen LogP contribution >= 0.6 is 7.82 Å². The van der Waals surface area contributed by atoms with Gasteiger partial charge in [0.15, 0.2) is 6.10 Å². The molecule has 9 nitrogen and oxygen atoms in total. The van der Waals surface area contributed by atoms with Crippen molar-refractivity contribution in [3.63, 3.8) is 0 Å². The van der Waals surface area contributed by atoms with Crippen LogP contribution in [0.2, 0.25) is 0 Å². The number of phosphoric acid groups is 1. The minimum atomic E-state index is -4.40. The molecule has 0 aromatic rings. The Morgan fingerprint density at radius 3 is 0.935 bits per heavy atom. The smallest absolute Gasteiger partial charge is 0.462 e. The van der Waals surface area contributed by atoms with E-state index in [4.69, 9.17) is 18.5 Å². The molecule has 0 aromatic heterocycles. The molecule has 0 aliphatic rings. The van der Waals surface area contributed by atoms with E-state index in [0.29, 0.717) is 17.4 Å². The fraction of sp³-hybridized carbons (Fsp3) is 0.756. The average Bonchev–Trinajstić information content (AvgIpc) is 2.23. The number of rotatable bonds is 71. The van der Waals surface area contributed by atoms with Gasteiger partial charge in [0, 0.05) is 12.8 Å². The van der Waals surface area contributed by atoms with Gasteiger partial charge in [-0.2, -0.15) is 0 Å². The number of nitrogens with zero attached hydrogens (tertiary/aromatic N) is 1. The number of allylic oxidation sites excluding steroid dienone is 18. The molecule has 0 radical (unpaired) electrons. The Morgan fingerprint density at radius 2 is 0.620 bits per heavy atom. The van der Waals surface area contributed by atoms with Crippen molar-refractivity contribution in [1.29, 1.82) is 0 Å². The highest BCUT2D eigenvalue weighted by molar-refractivity contribution is 7.47. The van der Waals surface area contributed by atoms with Crippen LogP contribution in [0.3, 0.4) is 0 Å². The van der Waals surface area contributed by atoms with E-state index < -0.39 is 26.5 Å². The quantitative estimate of drug-likeness (QED) is 0.0211. The third-order valence-electron chi connectivity index (χ3n) is 16.8. The highest BCUT2D eigenvalue weighted by Gasteiger charge is 2.27. The summed E-state index contributed by atoms with van der Waals surface area (Å²) in [6.07, 6.45) is 102. The predicted molar refractivity (Wildman–Crippen MR) is 399 cm³/mol. The van der Waals surface area contributed by atoms with Gasteiger partial charge >= 0.3 is 19.8 Å². The summed E-state index contributed by atoms with van der Waals surface area (Å²) in [6, 6.07) is 0. The van der Waals surface area contributed by atoms with Gasteiger partial charge in [-0.25, -0.2) is 4.57 Å². The van der Waals surface area contributed by atoms with E-state index in [-0.39, 0.29) is 32.0 Å². The van der Waals surface area contributed by atoms with Crippen LogP contribution in [0.1, 0.15) is 348 Å². The van der Waals surface area contributed by atoms with Gasteiger partial charge in [-0.1, -0.05) is 342 Å². The second kappa shape index (κ2) is 72.0. The van der Waals surface area contributed by atoms with Crippen LogP contribution in [0.4, 0.5) is 0 Å². The van der Waals surface area contributed by atoms with E-state index in [1.54, 1.807) is 0 Å². The third kappa shape index (κ3) is 75.7. The lowest BCUT2D eigenvalue weighted by molar-refractivity contribution is -0.870. The summed E-state index contributed by atoms with van der Waals surface area (Å²) in [7, 11) is 1.48. The molecule has 532 valence electrons. The Morgan fingerprint density at radius 1 is 0.348 bits per heavy atom. The fourth-order valence-electron chi connectivity index (χ4n) is 10.9. The zero-order chi connectivity index (χ0) is 66.9. The summed E-state index contributed by atoms with van der Waals surface area (Å²) in [5, 5.41) is 0. The minimum Gasteiger partial charge on any atom is -0.462 e. The normalized spacial score (nSPS) is 13.7. The molecular formula is C82H147NO8P+. The van der Waals surface area contributed by atoms with Crippen LogP contribution in [0, 0.1) is 0 Å². The van der Waals surface area contributed by atoms with Gasteiger partial charge in [0.2, 0.25) is 0 Å². The van der Waals surface area contributed by atoms with Crippen molar-refractivity contribution in [2.24, 2.45) is 0 Å². The summed E-state index contributed by atoms with van der Waals surface area (Å²) in [4.78, 5) is 36.0. The molecule has 0 saturated heterocycles. The maximum Gasteiger partial charge on any atom is 0.472 e. The number of phosphoric ester groups is 1. The Labute approximate surface area is 569 Å². The summed E-state index contributed by atoms with van der Waals surface area (Å²) in [6.45, 7) is 4.36. The van der Waals surface area contributed by atoms with Gasteiger partial charge in [0.1, 0.15) is 19.8 Å². The molecule has 0 heterocycles. The molecule has 0 spiro atoms. The second-order valence-corrected chi connectivity index (χ2v) is 28.5. The van der Waals surface area contributed by atoms with Gasteiger partial charge in [0.25, 0.3) is 0 Å². The van der Waals surface area contributed by atoms with Crippen molar-refractivity contribution in [3.05, 3.63) is 109 Å². The molecule has 2 unspecified atom stereocenters. The summed E-state index contributed by atoms with van der Waals surface area (Å²) < 4.78 is 34.8. The first-order chi connectivity index (χ1) is 45.0. The molecular weight excluding hydrogens is 1160 g/mol. The molecule has 10 heteroatoms. The Bertz CT molecular complexity index is 1920. The van der Waals surface area contributed by atoms with E-state index in [0.717, 1.165) is 83.5 Å². The van der Waals surface area contributed by atoms with Gasteiger partial charge in [-0.05, 0) is 103 Å². The van der Waals surface area contributed by atoms with Crippen LogP contribution < -0.4 is 0 Å². The average molecular weight is 1310 g/mol. The van der Waals surface area contributed by atoms with E-state index >= 15 is 0 Å². The molecule has 0 saturated carbocycles. The van der Waals surface area contributed by atoms with E-state index in [2.05, 4.69) is 123 Å². The Kier molecular flexibility index (Phi) is 69.3. The largest absolute Gasteiger partial charge is 0.472 e. The molecule has 0 amide bonds. The number of unbranched alkanes of at least 4 members (excludes halogenated alkanes) is 39. The van der Waals surface area contributed by atoms with E-state index in [1.165, 1.54) is 231 Å². The minimum absolute atomic E-state index is 0.0304. The molecule has 92 heavy (non-hydrogen) atoms. The molecule has 1 N–H and O–H groups in total. The lowest BCUT2D eigenvalue weighted by Gasteiger charge is -2.24. The van der Waals surface area contributed by atoms with Crippen molar-refractivity contribution in [2.75, 3.05) is 47.5 Å². The molecule has 0 fully saturated rings. The maximum absolute atomic E-state index is 12.9. The number of esters is 2. The van der Waals surface area contributed by atoms with Gasteiger partial charge < -0.3 is 18.9 Å². The molecule has 0 aromatic carbocycles. The van der Waals surface area contributed by atoms with Crippen LogP contribution in [0.15, 0.2) is 109 Å². The highest BCUT2D eigenvalue weighted by Crippen LogP contribution is 2.43. The predicted octanol–water partition coefficient (Wildman–Crippen LogP) is 25.6. The maximum atomic E-state index is 12.9. The number of quaternary nitrogens is 1. The van der Waals surface area contributed by atoms with E-state index in [9.17, 15) is 19.0 Å². The summed E-state index contributed by atoms with van der Waals surface area (Å²) in [5.41, 5.74) is 0. The SMILES string of the molecule is CC/C=C\C/C=C\C/C=C\C/C=C\C/C=C\C/C=C\C/C=C\C/C=C\CCCCCCCCCCCCCCCCCCC(=O)OC(COC(=O)CCCCCCCCCCCCCCCCC/C=C\CCCCCCCCCC)COP(=O)(O)OCC[N+](C)(C)C. The number of likely N-dealkylation sites (N-methyl/N-ethyl adjacent to an activating group) is 1. The van der Waals surface area contributed by atoms with Gasteiger partial charge in [-0.15, -0.1) is 0 Å². The van der Waals surface area contributed by atoms with Crippen molar-refractivity contribution in [2.45, 2.75) is 354 Å². The van der Waals surface area contributed by atoms with Crippen LogP contribution in [0.5, 0.6) is 0 Å². The third-order valence-corrected chi connectivity index (χ3v) is 17.8. The van der Waals surface area contributed by atoms with Crippen LogP contribution in [-0.2, 0) is 32.7 Å². The second-order valence-electron chi connectivity index (χ2n) is 27.0. The van der Waals surface area contributed by atoms with Crippen LogP contribution in [0.25, 0.3) is 0 Å². The first kappa shape index (κ1) is 88.7. The molecule has 0 bridgehead atoms. The first-order valence-electron chi connectivity index (χ1n) is 38.6. The molecule has 2 atom stereocenters. The summed E-state index contributed by atoms with van der Waals surface area (Å²) in [5.74, 6) is -0.785. The number of hydrogen-bond acceptors (Lipinski definition) is 7. The van der Waals surface area contributed by atoms with E-state index in [1.807, 2.05) is 21.1 Å². The zero-order valence-electron chi connectivity index (χ0n) is 60.8. The van der Waals surface area contributed by atoms with Crippen molar-refractivity contribution in [1.82, 2.24) is 0 Å². The standard InChI is InChI=1S/C82H146NO8P/c1-6-8-10-12-14-16-18-20-22-24-26-28-30-32-34-35-36-37-38-39-40-41-42-43-44-45-46-47-49-51-53-55-57-59-61-63-65-67-69-71-73-75-82(85)91-80(79-90-92(86,87)89-77-76-83(3,4)5)78-88-81(84)74-72-70-68-66-64-62-60-58-56-54-52-50-48-33-31-29-27-25-23-21-19-17-15-13-11-9-7-2/h8,10,14,16,20,22,25-28,32,34,36-37,39-40,42-43,80H,6-7,9,11-13,15,17-19,21,23-24,29-31,33,35,38,41,44-79H2,1-5H3/p+1/b10-8-,16-14-,22-20-,27-25-,28-26-,34-32-,37-36-,40-39-,43-42-. The monoisotopic (exact) mass is 1310 g/mol. The molecule has 0 aliphatic heterocycles. The van der Waals surface area contributed by atoms with Crippen LogP contribution in [-0.4, -0.2) is 74.9 Å². The molecule has 0 rings (SSSR count). The Hall–Kier alpha value is -3.33. The number of carbonyl (C=O) groups excluding carboxylic acids is 2. The molecule has 0 aliphatic carbocycles. The zero-order valence-corrected chi connectivity index (χ0v) is 61.7. The lowest BCUT2D eigenvalue weighted by atomic mass is 10.0. The Balaban J connectivity index is 3.98. The van der Waals surface area contributed by atoms with Crippen molar-refractivity contribution < 1.29 is 42.1 Å². The topological polar surface area (TPSA) is 108 Å². The highest BCUT2D eigenvalue weighted by atomic mass is 31.2. The van der Waals surface area contributed by atoms with Gasteiger partial charge in [-0.3, -0.25) is 18.6 Å². The number of ether oxygens (including phenoxy) is 2. The first-order valence-corrected chi connectivity index (χ1v) is 40.1. The van der Waals surface area contributed by atoms with Gasteiger partial charge in [0.05, 0.1) is 27.7 Å². The summed E-state index contributed by atoms with van der Waals surface area (Å²) >= 11 is 0. The number of hydrogen-bond donors (Lipinski definition) is 1. The van der Waals surface area contributed by atoms with Crippen molar-refractivity contribution in [3.8, 4) is 0 Å². The number of carbonyl (C=O) groups is 2. The van der Waals surface area contributed by atoms with Crippen molar-refractivity contribution >= 4 is 19.8 Å².